The van der Waals surface area contributed by atoms with Gasteiger partial charge in [-0.1, -0.05) is 135 Å². The molecule has 0 spiro atoms. The van der Waals surface area contributed by atoms with Crippen molar-refractivity contribution in [1.82, 2.24) is 18.7 Å². The first-order chi connectivity index (χ1) is 28.1. The Kier molecular flexibility index (Phi) is 9.26. The molecule has 0 amide bonds. The second-order valence-corrected chi connectivity index (χ2v) is 19.4. The van der Waals surface area contributed by atoms with Crippen molar-refractivity contribution in [2.75, 3.05) is 0 Å². The van der Waals surface area contributed by atoms with E-state index in [-0.39, 0.29) is 37.3 Å². The summed E-state index contributed by atoms with van der Waals surface area (Å²) >= 11 is 0. The van der Waals surface area contributed by atoms with Crippen LogP contribution in [0.1, 0.15) is 79.0 Å². The predicted molar refractivity (Wildman–Crippen MR) is 244 cm³/mol. The standard InChI is InChI=1S/C54H51N4O.Pt/c1-52(2,3)38-17-13-18-41(30-38)57-35-58(57,50-31-39(53(4,5)6)22-26-49(50)57)42-19-14-20-43(33-42)59-44-23-24-45-46-29-37(36-15-11-10-12-16-36)21-25-47(46)56(48(45)34-44)51-32-40(27-28-55-51)54(7,8)9;/h10-32,35H,1-9H3;/q-1;/t57-,58?;/m0./s1. The molecule has 0 radical (unpaired) electrons. The number of nitrogens with zero attached hydrogens (tertiary/aromatic N) is 4. The van der Waals surface area contributed by atoms with E-state index in [0.29, 0.717) is 20.7 Å². The maximum absolute atomic E-state index is 6.76. The molecular weight excluding hydrogens is 916 g/mol. The second-order valence-electron chi connectivity index (χ2n) is 19.4. The van der Waals surface area contributed by atoms with E-state index in [2.05, 4.69) is 207 Å². The number of ether oxygens (including phenoxy) is 1. The third kappa shape index (κ3) is 6.20. The van der Waals surface area contributed by atoms with E-state index in [1.807, 2.05) is 18.3 Å². The average molecular weight is 967 g/mol. The molecule has 0 bridgehead atoms. The van der Waals surface area contributed by atoms with E-state index in [0.717, 1.165) is 33.3 Å². The fourth-order valence-corrected chi connectivity index (χ4v) is 8.98. The molecule has 5 nitrogen and oxygen atoms in total. The average Bonchev–Trinajstić information content (AvgIpc) is 3.71. The van der Waals surface area contributed by atoms with Gasteiger partial charge in [-0.3, -0.25) is 0 Å². The van der Waals surface area contributed by atoms with Gasteiger partial charge in [-0.05, 0) is 67.6 Å². The number of fused-ring (bicyclic) bond motifs is 7. The molecule has 4 heterocycles. The van der Waals surface area contributed by atoms with Crippen LogP contribution < -0.4 is 13.9 Å². The summed E-state index contributed by atoms with van der Waals surface area (Å²) in [5, 5.41) is 2.23. The molecule has 304 valence electrons. The number of rotatable bonds is 6. The van der Waals surface area contributed by atoms with Crippen molar-refractivity contribution in [2.24, 2.45) is 0 Å². The van der Waals surface area contributed by atoms with Crippen molar-refractivity contribution in [3.05, 3.63) is 175 Å². The summed E-state index contributed by atoms with van der Waals surface area (Å²) in [5.41, 5.74) is 13.1. The van der Waals surface area contributed by atoms with E-state index in [1.165, 1.54) is 44.9 Å². The van der Waals surface area contributed by atoms with Crippen LogP contribution in [0.4, 0.5) is 22.7 Å². The number of pyridine rings is 1. The first kappa shape index (κ1) is 40.1. The van der Waals surface area contributed by atoms with Gasteiger partial charge in [0, 0.05) is 68.5 Å². The second kappa shape index (κ2) is 13.9. The molecule has 6 aromatic carbocycles. The van der Waals surface area contributed by atoms with Gasteiger partial charge in [0.15, 0.2) is 12.4 Å². The van der Waals surface area contributed by atoms with E-state index in [1.54, 1.807) is 0 Å². The Morgan fingerprint density at radius 1 is 0.550 bits per heavy atom. The minimum Gasteiger partial charge on any atom is -0.509 e. The van der Waals surface area contributed by atoms with Gasteiger partial charge < -0.3 is 9.30 Å². The molecule has 10 rings (SSSR count). The largest absolute Gasteiger partial charge is 0.509 e. The van der Waals surface area contributed by atoms with Gasteiger partial charge in [-0.25, -0.2) is 9.58 Å². The summed E-state index contributed by atoms with van der Waals surface area (Å²) in [6.45, 7) is 22.8. The normalized spacial score (nSPS) is 18.4. The quantitative estimate of drug-likeness (QED) is 0.0943. The predicted octanol–water partition coefficient (Wildman–Crippen LogP) is 14.5. The molecule has 8 aromatic rings. The van der Waals surface area contributed by atoms with Crippen molar-refractivity contribution in [3.8, 4) is 28.4 Å². The van der Waals surface area contributed by atoms with E-state index < -0.39 is 0 Å². The summed E-state index contributed by atoms with van der Waals surface area (Å²) in [6, 6.07) is 55.6. The third-order valence-electron chi connectivity index (χ3n) is 12.4. The summed E-state index contributed by atoms with van der Waals surface area (Å²) in [6.07, 6.45) is 1.92. The van der Waals surface area contributed by atoms with Crippen molar-refractivity contribution >= 4 is 44.6 Å². The molecule has 0 N–H and O–H groups in total. The Bertz CT molecular complexity index is 2960. The minimum absolute atomic E-state index is 0. The molecule has 2 aromatic heterocycles. The number of hydrogen-bond donors (Lipinski definition) is 0. The van der Waals surface area contributed by atoms with Crippen LogP contribution in [0.3, 0.4) is 0 Å². The van der Waals surface area contributed by atoms with Crippen LogP contribution in [0, 0.1) is 18.8 Å². The molecule has 0 saturated carbocycles. The zero-order chi connectivity index (χ0) is 41.1. The molecule has 0 aliphatic carbocycles. The Morgan fingerprint density at radius 3 is 2.00 bits per heavy atom. The summed E-state index contributed by atoms with van der Waals surface area (Å²) in [5.74, 6) is 2.13. The number of quaternary nitrogens is 2. The van der Waals surface area contributed by atoms with Gasteiger partial charge >= 0.3 is 0 Å². The maximum Gasteiger partial charge on any atom is 0.225 e. The van der Waals surface area contributed by atoms with Gasteiger partial charge in [0.05, 0.1) is 5.69 Å². The van der Waals surface area contributed by atoms with Crippen LogP contribution >= 0.6 is 0 Å². The maximum atomic E-state index is 6.76. The molecule has 60 heavy (non-hydrogen) atoms. The van der Waals surface area contributed by atoms with Gasteiger partial charge in [-0.2, -0.15) is 16.7 Å². The van der Waals surface area contributed by atoms with Crippen molar-refractivity contribution in [2.45, 2.75) is 78.6 Å². The zero-order valence-electron chi connectivity index (χ0n) is 35.9. The van der Waals surface area contributed by atoms with Crippen LogP contribution in [-0.4, -0.2) is 9.55 Å². The Labute approximate surface area is 369 Å². The smallest absolute Gasteiger partial charge is 0.225 e. The van der Waals surface area contributed by atoms with Crippen LogP contribution in [0.2, 0.25) is 0 Å². The zero-order valence-corrected chi connectivity index (χ0v) is 38.1. The Morgan fingerprint density at radius 2 is 1.25 bits per heavy atom. The molecule has 2 atom stereocenters. The Balaban J connectivity index is 0.00000462. The Hall–Kier alpha value is -5.32. The number of aromatic nitrogens is 2. The van der Waals surface area contributed by atoms with Crippen molar-refractivity contribution < 1.29 is 25.8 Å². The molecule has 1 fully saturated rings. The first-order valence-corrected chi connectivity index (χ1v) is 20.7. The van der Waals surface area contributed by atoms with Crippen molar-refractivity contribution in [1.29, 1.82) is 0 Å². The topological polar surface area (TPSA) is 27.1 Å². The molecule has 1 unspecified atom stereocenters. The van der Waals surface area contributed by atoms with E-state index >= 15 is 0 Å². The fraction of sp³-hybridized carbons (Fsp3) is 0.222. The summed E-state index contributed by atoms with van der Waals surface area (Å²) in [7, 11) is 0. The molecular formula is C54H51N4OPt-. The van der Waals surface area contributed by atoms with E-state index in [4.69, 9.17) is 9.72 Å². The summed E-state index contributed by atoms with van der Waals surface area (Å²) in [4.78, 5) is 4.93. The van der Waals surface area contributed by atoms with Crippen LogP contribution in [0.25, 0.3) is 38.8 Å². The monoisotopic (exact) mass is 966 g/mol. The molecule has 2 aliphatic rings. The van der Waals surface area contributed by atoms with Crippen molar-refractivity contribution in [3.63, 3.8) is 0 Å². The number of hydrogen-bond acceptors (Lipinski definition) is 2. The van der Waals surface area contributed by atoms with Gasteiger partial charge in [0.25, 0.3) is 0 Å². The van der Waals surface area contributed by atoms with Gasteiger partial charge in [-0.15, -0.1) is 29.7 Å². The van der Waals surface area contributed by atoms with E-state index in [9.17, 15) is 0 Å². The third-order valence-corrected chi connectivity index (χ3v) is 12.4. The number of benzene rings is 6. The summed E-state index contributed by atoms with van der Waals surface area (Å²) < 4.78 is 10.2. The van der Waals surface area contributed by atoms with Gasteiger partial charge in [0.1, 0.15) is 5.82 Å². The fourth-order valence-electron chi connectivity index (χ4n) is 8.98. The van der Waals surface area contributed by atoms with Crippen LogP contribution in [0.5, 0.6) is 11.5 Å². The molecule has 2 aliphatic heterocycles. The van der Waals surface area contributed by atoms with Gasteiger partial charge in [0.2, 0.25) is 11.4 Å². The SMILES string of the molecule is CC(C)(C)c1cccc([N@+]23[CH-][N+]2(c2[c-]c(Oc4[c-]c5c(cc4)c4cc(-c6ccccc6)ccc4n5-c4cc(C(C)(C)C)ccn4)ccc2)c2cc(C(C)(C)C)ccc23)c1.[Pt]. The minimum atomic E-state index is -0.0340. The molecule has 6 heteroatoms. The first-order valence-electron chi connectivity index (χ1n) is 20.7. The molecule has 1 saturated heterocycles. The van der Waals surface area contributed by atoms with Crippen LogP contribution in [0.15, 0.2) is 140 Å². The van der Waals surface area contributed by atoms with Crippen LogP contribution in [-0.2, 0) is 37.3 Å².